The van der Waals surface area contributed by atoms with Gasteiger partial charge in [0.2, 0.25) is 0 Å². The Morgan fingerprint density at radius 1 is 1.20 bits per heavy atom. The van der Waals surface area contributed by atoms with Crippen molar-refractivity contribution in [2.75, 3.05) is 19.4 Å². The van der Waals surface area contributed by atoms with Gasteiger partial charge in [-0.2, -0.15) is 0 Å². The number of nitrogens with one attached hydrogen (secondary N) is 1. The van der Waals surface area contributed by atoms with Crippen LogP contribution in [-0.4, -0.2) is 36.1 Å². The van der Waals surface area contributed by atoms with Crippen molar-refractivity contribution in [2.24, 2.45) is 0 Å². The molecule has 0 aromatic heterocycles. The topological polar surface area (TPSA) is 69.6 Å². The number of rotatable bonds is 2. The van der Waals surface area contributed by atoms with E-state index in [4.69, 9.17) is 5.11 Å². The quantitative estimate of drug-likeness (QED) is 0.773. The van der Waals surface area contributed by atoms with Crippen LogP contribution in [-0.2, 0) is 0 Å². The van der Waals surface area contributed by atoms with Crippen LogP contribution >= 0.6 is 0 Å². The molecule has 0 aliphatic rings. The summed E-state index contributed by atoms with van der Waals surface area (Å²) in [5.41, 5.74) is 0.761. The van der Waals surface area contributed by atoms with Crippen LogP contribution in [0.1, 0.15) is 10.4 Å². The number of nitrogens with zero attached hydrogens (tertiary/aromatic N) is 1. The number of carbonyl (C=O) groups is 2. The van der Waals surface area contributed by atoms with Gasteiger partial charge in [0.05, 0.1) is 5.56 Å². The van der Waals surface area contributed by atoms with Crippen LogP contribution in [0, 0.1) is 0 Å². The lowest BCUT2D eigenvalue weighted by atomic mass is 10.2. The first-order valence-electron chi connectivity index (χ1n) is 4.32. The lowest BCUT2D eigenvalue weighted by molar-refractivity contribution is 0.0697. The third kappa shape index (κ3) is 2.98. The molecule has 0 heterocycles. The highest BCUT2D eigenvalue weighted by atomic mass is 16.4. The monoisotopic (exact) mass is 208 g/mol. The molecule has 0 atom stereocenters. The number of carboxylic acid groups (broad SMARTS) is 1. The molecule has 0 unspecified atom stereocenters. The predicted molar refractivity (Wildman–Crippen MR) is 56.1 cm³/mol. The number of hydrogen-bond acceptors (Lipinski definition) is 2. The van der Waals surface area contributed by atoms with Crippen molar-refractivity contribution in [3.8, 4) is 0 Å². The van der Waals surface area contributed by atoms with E-state index >= 15 is 0 Å². The second-order valence-corrected chi connectivity index (χ2v) is 3.21. The first kappa shape index (κ1) is 11.0. The van der Waals surface area contributed by atoms with Crippen LogP contribution in [0.5, 0.6) is 0 Å². The Balaban J connectivity index is 2.73. The fourth-order valence-corrected chi connectivity index (χ4v) is 0.931. The molecule has 80 valence electrons. The smallest absolute Gasteiger partial charge is 0.335 e. The maximum atomic E-state index is 11.2. The van der Waals surface area contributed by atoms with E-state index in [9.17, 15) is 9.59 Å². The molecule has 1 rings (SSSR count). The van der Waals surface area contributed by atoms with Gasteiger partial charge in [-0.05, 0) is 24.3 Å². The Kier molecular flexibility index (Phi) is 3.28. The van der Waals surface area contributed by atoms with Gasteiger partial charge in [0.15, 0.2) is 0 Å². The molecule has 0 bridgehead atoms. The Bertz CT molecular complexity index is 371. The van der Waals surface area contributed by atoms with E-state index < -0.39 is 5.97 Å². The molecule has 1 aromatic carbocycles. The molecule has 0 fully saturated rings. The highest BCUT2D eigenvalue weighted by molar-refractivity contribution is 5.91. The van der Waals surface area contributed by atoms with Crippen molar-refractivity contribution in [2.45, 2.75) is 0 Å². The third-order valence-electron chi connectivity index (χ3n) is 1.79. The van der Waals surface area contributed by atoms with Crippen LogP contribution in [0.3, 0.4) is 0 Å². The fourth-order valence-electron chi connectivity index (χ4n) is 0.931. The normalized spacial score (nSPS) is 9.47. The van der Waals surface area contributed by atoms with Crippen molar-refractivity contribution >= 4 is 17.7 Å². The third-order valence-corrected chi connectivity index (χ3v) is 1.79. The summed E-state index contributed by atoms with van der Waals surface area (Å²) in [7, 11) is 3.25. The van der Waals surface area contributed by atoms with Crippen molar-refractivity contribution in [1.82, 2.24) is 4.90 Å². The molecule has 2 amide bonds. The minimum Gasteiger partial charge on any atom is -0.478 e. The molecular formula is C10H12N2O3. The van der Waals surface area contributed by atoms with E-state index in [1.807, 2.05) is 0 Å². The van der Waals surface area contributed by atoms with E-state index in [-0.39, 0.29) is 11.6 Å². The number of benzene rings is 1. The Morgan fingerprint density at radius 3 is 2.13 bits per heavy atom. The summed E-state index contributed by atoms with van der Waals surface area (Å²) in [6.07, 6.45) is 0. The number of anilines is 1. The molecule has 0 aliphatic carbocycles. The van der Waals surface area contributed by atoms with Crippen molar-refractivity contribution in [1.29, 1.82) is 0 Å². The summed E-state index contributed by atoms with van der Waals surface area (Å²) in [6.45, 7) is 0. The Morgan fingerprint density at radius 2 is 1.73 bits per heavy atom. The van der Waals surface area contributed by atoms with Crippen LogP contribution in [0.25, 0.3) is 0 Å². The Labute approximate surface area is 87.3 Å². The van der Waals surface area contributed by atoms with Crippen molar-refractivity contribution in [3.05, 3.63) is 29.8 Å². The van der Waals surface area contributed by atoms with Gasteiger partial charge in [-0.15, -0.1) is 0 Å². The first-order valence-corrected chi connectivity index (χ1v) is 4.32. The molecule has 5 nitrogen and oxygen atoms in total. The van der Waals surface area contributed by atoms with Gasteiger partial charge in [0.25, 0.3) is 0 Å². The van der Waals surface area contributed by atoms with Gasteiger partial charge >= 0.3 is 12.0 Å². The summed E-state index contributed by atoms with van der Waals surface area (Å²) in [5, 5.41) is 11.3. The zero-order valence-electron chi connectivity index (χ0n) is 8.52. The maximum absolute atomic E-state index is 11.2. The van der Waals surface area contributed by atoms with Crippen molar-refractivity contribution in [3.63, 3.8) is 0 Å². The van der Waals surface area contributed by atoms with E-state index in [0.717, 1.165) is 0 Å². The number of amides is 2. The molecule has 0 radical (unpaired) electrons. The highest BCUT2D eigenvalue weighted by Gasteiger charge is 2.05. The Hall–Kier alpha value is -2.04. The lowest BCUT2D eigenvalue weighted by Crippen LogP contribution is -2.27. The van der Waals surface area contributed by atoms with Gasteiger partial charge in [0, 0.05) is 19.8 Å². The van der Waals surface area contributed by atoms with E-state index in [1.54, 1.807) is 26.2 Å². The van der Waals surface area contributed by atoms with Gasteiger partial charge in [-0.3, -0.25) is 0 Å². The number of hydrogen-bond donors (Lipinski definition) is 2. The highest BCUT2D eigenvalue weighted by Crippen LogP contribution is 2.09. The molecule has 0 saturated heterocycles. The zero-order chi connectivity index (χ0) is 11.4. The zero-order valence-corrected chi connectivity index (χ0v) is 8.52. The predicted octanol–water partition coefficient (Wildman–Crippen LogP) is 1.48. The van der Waals surface area contributed by atoms with Gasteiger partial charge in [-0.1, -0.05) is 0 Å². The summed E-state index contributed by atoms with van der Waals surface area (Å²) in [6, 6.07) is 5.72. The number of carbonyl (C=O) groups excluding carboxylic acids is 1. The molecule has 2 N–H and O–H groups in total. The second kappa shape index (κ2) is 4.45. The average Bonchev–Trinajstić information content (AvgIpc) is 2.18. The molecular weight excluding hydrogens is 196 g/mol. The summed E-state index contributed by atoms with van der Waals surface area (Å²) in [4.78, 5) is 23.2. The maximum Gasteiger partial charge on any atom is 0.335 e. The average molecular weight is 208 g/mol. The SMILES string of the molecule is CN(C)C(=O)Nc1ccc(C(=O)O)cc1. The van der Waals surface area contributed by atoms with Crippen molar-refractivity contribution < 1.29 is 14.7 Å². The largest absolute Gasteiger partial charge is 0.478 e. The minimum absolute atomic E-state index is 0.192. The molecule has 0 saturated carbocycles. The molecule has 0 spiro atoms. The molecule has 15 heavy (non-hydrogen) atoms. The van der Waals surface area contributed by atoms with Crippen LogP contribution < -0.4 is 5.32 Å². The number of urea groups is 1. The van der Waals surface area contributed by atoms with E-state index in [2.05, 4.69) is 5.32 Å². The second-order valence-electron chi connectivity index (χ2n) is 3.21. The number of aromatic carboxylic acids is 1. The van der Waals surface area contributed by atoms with E-state index in [0.29, 0.717) is 5.69 Å². The fraction of sp³-hybridized carbons (Fsp3) is 0.200. The summed E-state index contributed by atoms with van der Waals surface area (Å²) in [5.74, 6) is -0.986. The standard InChI is InChI=1S/C10H12N2O3/c1-12(2)10(15)11-8-5-3-7(4-6-8)9(13)14/h3-6H,1-2H3,(H,11,15)(H,13,14). The lowest BCUT2D eigenvalue weighted by Gasteiger charge is -2.11. The summed E-state index contributed by atoms with van der Waals surface area (Å²) >= 11 is 0. The van der Waals surface area contributed by atoms with Crippen LogP contribution in [0.2, 0.25) is 0 Å². The van der Waals surface area contributed by atoms with Gasteiger partial charge in [-0.25, -0.2) is 9.59 Å². The van der Waals surface area contributed by atoms with Gasteiger partial charge in [0.1, 0.15) is 0 Å². The summed E-state index contributed by atoms with van der Waals surface area (Å²) < 4.78 is 0. The number of carboxylic acids is 1. The minimum atomic E-state index is -0.986. The van der Waals surface area contributed by atoms with Crippen LogP contribution in [0.4, 0.5) is 10.5 Å². The van der Waals surface area contributed by atoms with Gasteiger partial charge < -0.3 is 15.3 Å². The molecule has 1 aromatic rings. The first-order chi connectivity index (χ1) is 7.00. The van der Waals surface area contributed by atoms with Crippen LogP contribution in [0.15, 0.2) is 24.3 Å². The molecule has 0 aliphatic heterocycles. The van der Waals surface area contributed by atoms with E-state index in [1.165, 1.54) is 17.0 Å². The molecule has 5 heteroatoms.